The van der Waals surface area contributed by atoms with E-state index in [1.165, 1.54) is 24.4 Å². The zero-order chi connectivity index (χ0) is 12.5. The number of anilines is 1. The van der Waals surface area contributed by atoms with Crippen LogP contribution in [0, 0.1) is 11.3 Å². The number of hydrogen-bond donors (Lipinski definition) is 0. The van der Waals surface area contributed by atoms with Crippen molar-refractivity contribution in [2.75, 3.05) is 31.1 Å². The average Bonchev–Trinajstić information content (AvgIpc) is 3.16. The van der Waals surface area contributed by atoms with Gasteiger partial charge in [0.2, 0.25) is 5.13 Å². The molecule has 18 heavy (non-hydrogen) atoms. The molecule has 0 bridgehead atoms. The summed E-state index contributed by atoms with van der Waals surface area (Å²) in [6.45, 7) is 5.74. The van der Waals surface area contributed by atoms with Crippen LogP contribution in [0.4, 0.5) is 5.13 Å². The lowest BCUT2D eigenvalue weighted by Gasteiger charge is -2.35. The monoisotopic (exact) mass is 263 g/mol. The van der Waals surface area contributed by atoms with Gasteiger partial charge in [-0.1, -0.05) is 0 Å². The molecule has 1 atom stereocenters. The molecule has 6 heteroatoms. The Labute approximate surface area is 111 Å². The molecule has 1 unspecified atom stereocenters. The third-order valence-electron chi connectivity index (χ3n) is 3.69. The highest BCUT2D eigenvalue weighted by atomic mass is 32.1. The van der Waals surface area contributed by atoms with Crippen molar-refractivity contribution in [2.24, 2.45) is 0 Å². The fourth-order valence-corrected chi connectivity index (χ4v) is 3.04. The lowest BCUT2D eigenvalue weighted by molar-refractivity contribution is 0.231. The fourth-order valence-electron chi connectivity index (χ4n) is 2.24. The van der Waals surface area contributed by atoms with Gasteiger partial charge in [-0.15, -0.1) is 0 Å². The van der Waals surface area contributed by atoms with Crippen molar-refractivity contribution in [1.29, 1.82) is 5.26 Å². The molecule has 0 aromatic carbocycles. The van der Waals surface area contributed by atoms with Crippen LogP contribution in [0.15, 0.2) is 0 Å². The van der Waals surface area contributed by atoms with E-state index < -0.39 is 0 Å². The molecule has 2 fully saturated rings. The summed E-state index contributed by atoms with van der Waals surface area (Å²) < 4.78 is 4.45. The Morgan fingerprint density at radius 3 is 2.67 bits per heavy atom. The third kappa shape index (κ3) is 2.33. The molecule has 1 saturated heterocycles. The Balaban J connectivity index is 1.60. The number of nitriles is 1. The number of nitrogens with zero attached hydrogens (tertiary/aromatic N) is 5. The minimum atomic E-state index is 0.0172. The van der Waals surface area contributed by atoms with Crippen molar-refractivity contribution in [3.8, 4) is 6.07 Å². The highest BCUT2D eigenvalue weighted by Gasteiger charge is 2.29. The van der Waals surface area contributed by atoms with E-state index in [2.05, 4.69) is 25.2 Å². The van der Waals surface area contributed by atoms with Crippen LogP contribution in [-0.2, 0) is 0 Å². The number of piperazine rings is 1. The first kappa shape index (κ1) is 11.9. The molecule has 1 aromatic heterocycles. The van der Waals surface area contributed by atoms with Gasteiger partial charge in [-0.25, -0.2) is 4.98 Å². The Morgan fingerprint density at radius 2 is 2.06 bits per heavy atom. The van der Waals surface area contributed by atoms with Crippen LogP contribution < -0.4 is 4.90 Å². The van der Waals surface area contributed by atoms with Gasteiger partial charge >= 0.3 is 0 Å². The van der Waals surface area contributed by atoms with Crippen molar-refractivity contribution in [3.05, 3.63) is 5.82 Å². The van der Waals surface area contributed by atoms with Crippen molar-refractivity contribution >= 4 is 16.7 Å². The second-order valence-corrected chi connectivity index (χ2v) is 5.77. The van der Waals surface area contributed by atoms with Gasteiger partial charge in [0.1, 0.15) is 5.82 Å². The van der Waals surface area contributed by atoms with Gasteiger partial charge in [-0.2, -0.15) is 9.64 Å². The standard InChI is InChI=1S/C12H17N5S/c1-9(8-13)16-4-6-17(7-5-16)12-14-11(15-18-12)10-2-3-10/h9-10H,2-7H2,1H3. The Morgan fingerprint density at radius 1 is 1.33 bits per heavy atom. The fraction of sp³-hybridized carbons (Fsp3) is 0.750. The molecule has 2 heterocycles. The number of rotatable bonds is 3. The largest absolute Gasteiger partial charge is 0.344 e. The van der Waals surface area contributed by atoms with Crippen molar-refractivity contribution in [3.63, 3.8) is 0 Å². The van der Waals surface area contributed by atoms with E-state index in [-0.39, 0.29) is 6.04 Å². The lowest BCUT2D eigenvalue weighted by Crippen LogP contribution is -2.49. The predicted octanol–water partition coefficient (Wildman–Crippen LogP) is 1.45. The lowest BCUT2D eigenvalue weighted by atomic mass is 10.2. The first-order valence-corrected chi connectivity index (χ1v) is 7.27. The van der Waals surface area contributed by atoms with E-state index in [1.54, 1.807) is 0 Å². The summed E-state index contributed by atoms with van der Waals surface area (Å²) in [4.78, 5) is 9.15. The quantitative estimate of drug-likeness (QED) is 0.826. The van der Waals surface area contributed by atoms with Crippen molar-refractivity contribution in [1.82, 2.24) is 14.3 Å². The molecular formula is C12H17N5S. The summed E-state index contributed by atoms with van der Waals surface area (Å²) in [7, 11) is 0. The predicted molar refractivity (Wildman–Crippen MR) is 70.7 cm³/mol. The first-order chi connectivity index (χ1) is 8.78. The van der Waals surface area contributed by atoms with E-state index in [4.69, 9.17) is 5.26 Å². The molecule has 0 radical (unpaired) electrons. The number of aromatic nitrogens is 2. The van der Waals surface area contributed by atoms with Gasteiger partial charge in [0.05, 0.1) is 12.1 Å². The topological polar surface area (TPSA) is 56.1 Å². The van der Waals surface area contributed by atoms with Crippen LogP contribution in [0.25, 0.3) is 0 Å². The molecule has 1 aliphatic heterocycles. The molecule has 5 nitrogen and oxygen atoms in total. The molecule has 2 aliphatic rings. The highest BCUT2D eigenvalue weighted by molar-refractivity contribution is 7.09. The summed E-state index contributed by atoms with van der Waals surface area (Å²) in [5.74, 6) is 1.68. The Hall–Kier alpha value is -1.19. The van der Waals surface area contributed by atoms with Crippen LogP contribution in [0.5, 0.6) is 0 Å². The normalized spacial score (nSPS) is 22.8. The summed E-state index contributed by atoms with van der Waals surface area (Å²) in [5, 5.41) is 9.97. The van der Waals surface area contributed by atoms with Crippen LogP contribution in [-0.4, -0.2) is 46.5 Å². The molecule has 0 spiro atoms. The second kappa shape index (κ2) is 4.82. The summed E-state index contributed by atoms with van der Waals surface area (Å²) in [6, 6.07) is 2.32. The molecule has 0 N–H and O–H groups in total. The van der Waals surface area contributed by atoms with Crippen LogP contribution >= 0.6 is 11.5 Å². The van der Waals surface area contributed by atoms with E-state index in [9.17, 15) is 0 Å². The van der Waals surface area contributed by atoms with Gasteiger partial charge in [0.15, 0.2) is 0 Å². The molecule has 3 rings (SSSR count). The van der Waals surface area contributed by atoms with E-state index >= 15 is 0 Å². The molecule has 1 aliphatic carbocycles. The Bertz CT molecular complexity index is 453. The maximum atomic E-state index is 8.92. The summed E-state index contributed by atoms with van der Waals surface area (Å²) in [6.07, 6.45) is 2.51. The second-order valence-electron chi connectivity index (χ2n) is 5.04. The minimum absolute atomic E-state index is 0.0172. The Kier molecular flexibility index (Phi) is 3.18. The zero-order valence-electron chi connectivity index (χ0n) is 10.5. The first-order valence-electron chi connectivity index (χ1n) is 6.50. The highest BCUT2D eigenvalue weighted by Crippen LogP contribution is 2.39. The van der Waals surface area contributed by atoms with Crippen LogP contribution in [0.3, 0.4) is 0 Å². The van der Waals surface area contributed by atoms with Gasteiger partial charge in [-0.05, 0) is 19.8 Å². The maximum absolute atomic E-state index is 8.92. The molecule has 96 valence electrons. The smallest absolute Gasteiger partial charge is 0.205 e. The van der Waals surface area contributed by atoms with Crippen molar-refractivity contribution in [2.45, 2.75) is 31.7 Å². The molecule has 1 saturated carbocycles. The SMILES string of the molecule is CC(C#N)N1CCN(c2nc(C3CC3)ns2)CC1. The average molecular weight is 263 g/mol. The molecular weight excluding hydrogens is 246 g/mol. The van der Waals surface area contributed by atoms with Gasteiger partial charge in [-0.3, -0.25) is 4.90 Å². The summed E-state index contributed by atoms with van der Waals surface area (Å²) >= 11 is 1.52. The van der Waals surface area contributed by atoms with Gasteiger partial charge in [0.25, 0.3) is 0 Å². The van der Waals surface area contributed by atoms with E-state index in [0.29, 0.717) is 5.92 Å². The van der Waals surface area contributed by atoms with Gasteiger partial charge in [0, 0.05) is 43.6 Å². The number of hydrogen-bond acceptors (Lipinski definition) is 6. The van der Waals surface area contributed by atoms with E-state index in [0.717, 1.165) is 37.1 Å². The molecule has 0 amide bonds. The minimum Gasteiger partial charge on any atom is -0.344 e. The zero-order valence-corrected chi connectivity index (χ0v) is 11.4. The van der Waals surface area contributed by atoms with Crippen LogP contribution in [0.2, 0.25) is 0 Å². The summed E-state index contributed by atoms with van der Waals surface area (Å²) in [5.41, 5.74) is 0. The van der Waals surface area contributed by atoms with Crippen molar-refractivity contribution < 1.29 is 0 Å². The van der Waals surface area contributed by atoms with Gasteiger partial charge < -0.3 is 4.90 Å². The maximum Gasteiger partial charge on any atom is 0.205 e. The van der Waals surface area contributed by atoms with Crippen LogP contribution in [0.1, 0.15) is 31.5 Å². The van der Waals surface area contributed by atoms with E-state index in [1.807, 2.05) is 6.92 Å². The third-order valence-corrected chi connectivity index (χ3v) is 4.48. The molecule has 1 aromatic rings.